The van der Waals surface area contributed by atoms with Crippen molar-refractivity contribution in [1.29, 1.82) is 5.26 Å². The van der Waals surface area contributed by atoms with Crippen molar-refractivity contribution in [3.05, 3.63) is 46.1 Å². The molecule has 8 heteroatoms. The van der Waals surface area contributed by atoms with Crippen LogP contribution in [-0.2, 0) is 9.53 Å². The molecule has 5 nitrogen and oxygen atoms in total. The summed E-state index contributed by atoms with van der Waals surface area (Å²) >= 11 is 2.25. The highest BCUT2D eigenvalue weighted by Crippen LogP contribution is 2.33. The van der Waals surface area contributed by atoms with E-state index in [9.17, 15) is 19.2 Å². The van der Waals surface area contributed by atoms with Gasteiger partial charge in [-0.05, 0) is 36.8 Å². The second-order valence-electron chi connectivity index (χ2n) is 4.65. The molecule has 0 radical (unpaired) electrons. The number of anilines is 1. The first-order valence-corrected chi connectivity index (χ1v) is 8.56. The molecule has 0 fully saturated rings. The largest absolute Gasteiger partial charge is 0.465 e. The predicted octanol–water partition coefficient (Wildman–Crippen LogP) is 3.58. The summed E-state index contributed by atoms with van der Waals surface area (Å²) < 4.78 is 17.5. The second kappa shape index (κ2) is 7.95. The quantitative estimate of drug-likeness (QED) is 0.648. The zero-order valence-electron chi connectivity index (χ0n) is 12.9. The van der Waals surface area contributed by atoms with Gasteiger partial charge in [0.25, 0.3) is 0 Å². The van der Waals surface area contributed by atoms with Crippen molar-refractivity contribution in [2.75, 3.05) is 18.2 Å². The Morgan fingerprint density at radius 3 is 2.62 bits per heavy atom. The van der Waals surface area contributed by atoms with Crippen LogP contribution in [0.4, 0.5) is 9.39 Å². The van der Waals surface area contributed by atoms with Crippen LogP contribution in [0.3, 0.4) is 0 Å². The van der Waals surface area contributed by atoms with Crippen LogP contribution in [-0.4, -0.2) is 24.7 Å². The molecule has 0 atom stereocenters. The van der Waals surface area contributed by atoms with Crippen LogP contribution in [0.5, 0.6) is 0 Å². The number of nitrogens with zero attached hydrogens (tertiary/aromatic N) is 1. The normalized spacial score (nSPS) is 10.1. The molecule has 1 amide bonds. The highest BCUT2D eigenvalue weighted by Gasteiger charge is 2.21. The van der Waals surface area contributed by atoms with Gasteiger partial charge in [0.1, 0.15) is 21.8 Å². The Balaban J connectivity index is 2.07. The van der Waals surface area contributed by atoms with Gasteiger partial charge in [-0.3, -0.25) is 4.79 Å². The summed E-state index contributed by atoms with van der Waals surface area (Å²) in [5.74, 6) is -1.11. The summed E-state index contributed by atoms with van der Waals surface area (Å²) in [6.07, 6.45) is 0. The number of methoxy groups -OCH3 is 1. The van der Waals surface area contributed by atoms with Gasteiger partial charge in [0, 0.05) is 4.90 Å². The Morgan fingerprint density at radius 1 is 1.38 bits per heavy atom. The third kappa shape index (κ3) is 4.13. The molecule has 0 aliphatic rings. The minimum absolute atomic E-state index is 0.0982. The number of esters is 1. The molecule has 0 bridgehead atoms. The maximum Gasteiger partial charge on any atom is 0.348 e. The highest BCUT2D eigenvalue weighted by atomic mass is 32.2. The molecule has 0 aliphatic heterocycles. The molecule has 0 aliphatic carbocycles. The van der Waals surface area contributed by atoms with E-state index in [4.69, 9.17) is 0 Å². The maximum atomic E-state index is 12.8. The molecule has 0 spiro atoms. The first-order chi connectivity index (χ1) is 11.5. The van der Waals surface area contributed by atoms with E-state index in [0.717, 1.165) is 16.2 Å². The molecule has 0 unspecified atom stereocenters. The molecule has 1 N–H and O–H groups in total. The zero-order valence-corrected chi connectivity index (χ0v) is 14.5. The number of ether oxygens (including phenoxy) is 1. The fraction of sp³-hybridized carbons (Fsp3) is 0.188. The first kappa shape index (κ1) is 18.0. The average Bonchev–Trinajstić information content (AvgIpc) is 2.89. The number of carbonyl (C=O) groups excluding carboxylic acids is 2. The third-order valence-electron chi connectivity index (χ3n) is 3.07. The van der Waals surface area contributed by atoms with Crippen LogP contribution in [0.2, 0.25) is 0 Å². The van der Waals surface area contributed by atoms with E-state index in [0.29, 0.717) is 10.6 Å². The van der Waals surface area contributed by atoms with Crippen LogP contribution in [0, 0.1) is 24.1 Å². The summed E-state index contributed by atoms with van der Waals surface area (Å²) in [6, 6.07) is 7.79. The number of thiophene rings is 1. The van der Waals surface area contributed by atoms with E-state index in [2.05, 4.69) is 10.1 Å². The van der Waals surface area contributed by atoms with E-state index in [1.54, 1.807) is 19.1 Å². The number of hydrogen-bond donors (Lipinski definition) is 1. The van der Waals surface area contributed by atoms with Gasteiger partial charge in [-0.15, -0.1) is 23.1 Å². The number of benzene rings is 1. The zero-order chi connectivity index (χ0) is 17.7. The fourth-order valence-electron chi connectivity index (χ4n) is 1.87. The third-order valence-corrected chi connectivity index (χ3v) is 5.27. The number of thioether (sulfide) groups is 1. The monoisotopic (exact) mass is 364 g/mol. The Kier molecular flexibility index (Phi) is 5.95. The molecule has 24 heavy (non-hydrogen) atoms. The van der Waals surface area contributed by atoms with Crippen molar-refractivity contribution in [2.45, 2.75) is 11.8 Å². The smallest absolute Gasteiger partial charge is 0.348 e. The molecule has 1 aromatic carbocycles. The van der Waals surface area contributed by atoms with E-state index in [-0.39, 0.29) is 27.9 Å². The van der Waals surface area contributed by atoms with Gasteiger partial charge in [0.05, 0.1) is 18.4 Å². The lowest BCUT2D eigenvalue weighted by Gasteiger charge is -2.03. The molecular weight excluding hydrogens is 351 g/mol. The van der Waals surface area contributed by atoms with E-state index in [1.165, 1.54) is 31.0 Å². The summed E-state index contributed by atoms with van der Waals surface area (Å²) in [5.41, 5.74) is 0.733. The Labute approximate surface area is 146 Å². The van der Waals surface area contributed by atoms with Crippen LogP contribution in [0.15, 0.2) is 29.2 Å². The van der Waals surface area contributed by atoms with Crippen molar-refractivity contribution in [2.24, 2.45) is 0 Å². The summed E-state index contributed by atoms with van der Waals surface area (Å²) in [7, 11) is 1.26. The van der Waals surface area contributed by atoms with Gasteiger partial charge in [-0.1, -0.05) is 0 Å². The molecule has 2 rings (SSSR count). The second-order valence-corrected chi connectivity index (χ2v) is 6.72. The van der Waals surface area contributed by atoms with Crippen molar-refractivity contribution in [3.8, 4) is 6.07 Å². The number of halogens is 1. The molecule has 2 aromatic rings. The van der Waals surface area contributed by atoms with Gasteiger partial charge in [0.15, 0.2) is 0 Å². The number of nitriles is 1. The first-order valence-electron chi connectivity index (χ1n) is 6.76. The standard InChI is InChI=1S/C16H13FN2O3S2/c1-9-12(7-18)15(24-14(9)16(21)22-2)19-13(20)8-23-11-5-3-10(17)4-6-11/h3-6H,8H2,1-2H3,(H,19,20). The number of hydrogen-bond acceptors (Lipinski definition) is 6. The molecular formula is C16H13FN2O3S2. The van der Waals surface area contributed by atoms with Crippen LogP contribution >= 0.6 is 23.1 Å². The Bertz CT molecular complexity index is 810. The SMILES string of the molecule is COC(=O)c1sc(NC(=O)CSc2ccc(F)cc2)c(C#N)c1C. The van der Waals surface area contributed by atoms with Gasteiger partial charge in [-0.2, -0.15) is 5.26 Å². The van der Waals surface area contributed by atoms with Gasteiger partial charge >= 0.3 is 5.97 Å². The summed E-state index contributed by atoms with van der Waals surface area (Å²) in [4.78, 5) is 24.8. The lowest BCUT2D eigenvalue weighted by Crippen LogP contribution is -2.13. The minimum atomic E-state index is -0.546. The molecule has 0 saturated heterocycles. The van der Waals surface area contributed by atoms with Crippen molar-refractivity contribution in [1.82, 2.24) is 0 Å². The van der Waals surface area contributed by atoms with E-state index >= 15 is 0 Å². The number of nitrogens with one attached hydrogen (secondary N) is 1. The number of rotatable bonds is 5. The average molecular weight is 364 g/mol. The summed E-state index contributed by atoms with van der Waals surface area (Å²) in [6.45, 7) is 1.63. The minimum Gasteiger partial charge on any atom is -0.465 e. The van der Waals surface area contributed by atoms with Gasteiger partial charge < -0.3 is 10.1 Å². The van der Waals surface area contributed by atoms with Crippen LogP contribution in [0.25, 0.3) is 0 Å². The topological polar surface area (TPSA) is 79.2 Å². The van der Waals surface area contributed by atoms with E-state index < -0.39 is 5.97 Å². The number of amides is 1. The van der Waals surface area contributed by atoms with Gasteiger partial charge in [0.2, 0.25) is 5.91 Å². The van der Waals surface area contributed by atoms with Crippen molar-refractivity contribution < 1.29 is 18.7 Å². The predicted molar refractivity (Wildman–Crippen MR) is 90.9 cm³/mol. The lowest BCUT2D eigenvalue weighted by molar-refractivity contribution is -0.113. The highest BCUT2D eigenvalue weighted by molar-refractivity contribution is 8.00. The molecule has 0 saturated carbocycles. The summed E-state index contributed by atoms with van der Waals surface area (Å²) in [5, 5.41) is 12.2. The van der Waals surface area contributed by atoms with Crippen molar-refractivity contribution >= 4 is 40.0 Å². The lowest BCUT2D eigenvalue weighted by atomic mass is 10.2. The molecule has 124 valence electrons. The Morgan fingerprint density at radius 2 is 2.04 bits per heavy atom. The fourth-order valence-corrected chi connectivity index (χ4v) is 3.66. The maximum absolute atomic E-state index is 12.8. The molecule has 1 heterocycles. The number of carbonyl (C=O) groups is 2. The Hall–Kier alpha value is -2.37. The molecule has 1 aromatic heterocycles. The van der Waals surface area contributed by atoms with Crippen LogP contribution in [0.1, 0.15) is 20.8 Å². The van der Waals surface area contributed by atoms with Crippen LogP contribution < -0.4 is 5.32 Å². The van der Waals surface area contributed by atoms with E-state index in [1.807, 2.05) is 6.07 Å². The van der Waals surface area contributed by atoms with Crippen molar-refractivity contribution in [3.63, 3.8) is 0 Å². The van der Waals surface area contributed by atoms with Gasteiger partial charge in [-0.25, -0.2) is 9.18 Å².